The topological polar surface area (TPSA) is 27.1 Å². The molecule has 26 heavy (non-hydrogen) atoms. The summed E-state index contributed by atoms with van der Waals surface area (Å²) in [7, 11) is 1.69. The van der Waals surface area contributed by atoms with Crippen LogP contribution in [0.2, 0.25) is 0 Å². The van der Waals surface area contributed by atoms with Crippen LogP contribution >= 0.6 is 0 Å². The molecule has 0 fully saturated rings. The van der Waals surface area contributed by atoms with Crippen molar-refractivity contribution in [3.63, 3.8) is 0 Å². The van der Waals surface area contributed by atoms with Crippen molar-refractivity contribution in [1.82, 2.24) is 9.55 Å². The van der Waals surface area contributed by atoms with Crippen LogP contribution in [-0.2, 0) is 6.54 Å². The third-order valence-corrected chi connectivity index (χ3v) is 4.71. The Bertz CT molecular complexity index is 846. The van der Waals surface area contributed by atoms with Crippen molar-refractivity contribution in [2.75, 3.05) is 7.11 Å². The van der Waals surface area contributed by atoms with Gasteiger partial charge in [-0.05, 0) is 42.3 Å². The minimum Gasteiger partial charge on any atom is -0.497 e. The lowest BCUT2D eigenvalue weighted by Gasteiger charge is -2.07. The number of imidazole rings is 1. The first-order valence-corrected chi connectivity index (χ1v) is 9.59. The second-order valence-corrected chi connectivity index (χ2v) is 6.63. The molecule has 0 amide bonds. The number of benzene rings is 2. The van der Waals surface area contributed by atoms with E-state index in [0.717, 1.165) is 29.2 Å². The molecule has 1 heterocycles. The van der Waals surface area contributed by atoms with E-state index in [0.29, 0.717) is 0 Å². The van der Waals surface area contributed by atoms with Crippen LogP contribution in [0.3, 0.4) is 0 Å². The molecule has 0 bridgehead atoms. The molecule has 0 radical (unpaired) electrons. The summed E-state index contributed by atoms with van der Waals surface area (Å²) < 4.78 is 7.57. The highest BCUT2D eigenvalue weighted by Gasteiger charge is 2.07. The number of unbranched alkanes of at least 4 members (excludes halogenated alkanes) is 4. The highest BCUT2D eigenvalue weighted by molar-refractivity contribution is 5.79. The van der Waals surface area contributed by atoms with Gasteiger partial charge in [-0.1, -0.05) is 62.9 Å². The first-order valence-electron chi connectivity index (χ1n) is 9.59. The maximum Gasteiger partial charge on any atom is 0.133 e. The number of hydrogen-bond donors (Lipinski definition) is 0. The normalized spacial score (nSPS) is 11.5. The predicted molar refractivity (Wildman–Crippen MR) is 110 cm³/mol. The molecule has 3 heteroatoms. The first kappa shape index (κ1) is 18.2. The number of fused-ring (bicyclic) bond motifs is 1. The third kappa shape index (κ3) is 4.54. The van der Waals surface area contributed by atoms with Crippen molar-refractivity contribution in [3.8, 4) is 5.75 Å². The Hall–Kier alpha value is -2.55. The van der Waals surface area contributed by atoms with Gasteiger partial charge in [-0.3, -0.25) is 0 Å². The standard InChI is InChI=1S/C23H28N2O/c1-3-4-5-6-9-18-25-22-11-8-7-10-21(22)24-23(25)17-14-19-12-15-20(26-2)16-13-19/h7-8,10-17H,3-6,9,18H2,1-2H3/b17-14+. The van der Waals surface area contributed by atoms with Crippen molar-refractivity contribution < 1.29 is 4.74 Å². The molecule has 0 aliphatic rings. The molecule has 0 aliphatic carbocycles. The van der Waals surface area contributed by atoms with E-state index >= 15 is 0 Å². The summed E-state index contributed by atoms with van der Waals surface area (Å²) in [6, 6.07) is 16.5. The Morgan fingerprint density at radius 2 is 1.69 bits per heavy atom. The Kier molecular flexibility index (Phi) is 6.48. The van der Waals surface area contributed by atoms with Crippen LogP contribution in [0, 0.1) is 0 Å². The number of rotatable bonds is 9. The molecule has 0 aliphatic heterocycles. The van der Waals surface area contributed by atoms with Gasteiger partial charge in [-0.2, -0.15) is 0 Å². The minimum absolute atomic E-state index is 0.876. The molecule has 2 aromatic carbocycles. The molecule has 0 N–H and O–H groups in total. The van der Waals surface area contributed by atoms with Gasteiger partial charge >= 0.3 is 0 Å². The Morgan fingerprint density at radius 3 is 2.46 bits per heavy atom. The molecule has 3 nitrogen and oxygen atoms in total. The van der Waals surface area contributed by atoms with E-state index in [-0.39, 0.29) is 0 Å². The molecule has 3 aromatic rings. The molecule has 0 spiro atoms. The number of aryl methyl sites for hydroxylation is 1. The van der Waals surface area contributed by atoms with Gasteiger partial charge in [-0.25, -0.2) is 4.98 Å². The molecule has 0 atom stereocenters. The maximum absolute atomic E-state index is 5.22. The SMILES string of the molecule is CCCCCCCn1c(/C=C/c2ccc(OC)cc2)nc2ccccc21. The van der Waals surface area contributed by atoms with Gasteiger partial charge in [0.25, 0.3) is 0 Å². The van der Waals surface area contributed by atoms with E-state index in [1.54, 1.807) is 7.11 Å². The van der Waals surface area contributed by atoms with Crippen LogP contribution in [0.4, 0.5) is 0 Å². The molecule has 0 saturated heterocycles. The minimum atomic E-state index is 0.876. The zero-order valence-corrected chi connectivity index (χ0v) is 15.8. The van der Waals surface area contributed by atoms with E-state index in [4.69, 9.17) is 9.72 Å². The van der Waals surface area contributed by atoms with Crippen LogP contribution in [0.15, 0.2) is 48.5 Å². The van der Waals surface area contributed by atoms with Crippen molar-refractivity contribution in [3.05, 3.63) is 59.9 Å². The van der Waals surface area contributed by atoms with Crippen molar-refractivity contribution in [2.24, 2.45) is 0 Å². The van der Waals surface area contributed by atoms with E-state index < -0.39 is 0 Å². The van der Waals surface area contributed by atoms with E-state index in [2.05, 4.69) is 60.0 Å². The number of hydrogen-bond acceptors (Lipinski definition) is 2. The summed E-state index contributed by atoms with van der Waals surface area (Å²) in [4.78, 5) is 4.83. The van der Waals surface area contributed by atoms with Gasteiger partial charge in [0.1, 0.15) is 11.6 Å². The third-order valence-electron chi connectivity index (χ3n) is 4.71. The van der Waals surface area contributed by atoms with Crippen LogP contribution in [0.1, 0.15) is 50.4 Å². The fraction of sp³-hybridized carbons (Fsp3) is 0.348. The second-order valence-electron chi connectivity index (χ2n) is 6.63. The van der Waals surface area contributed by atoms with Crippen molar-refractivity contribution in [2.45, 2.75) is 45.6 Å². The summed E-state index contributed by atoms with van der Waals surface area (Å²) in [6.45, 7) is 3.28. The fourth-order valence-corrected chi connectivity index (χ4v) is 3.22. The summed E-state index contributed by atoms with van der Waals surface area (Å²) in [5.74, 6) is 1.90. The van der Waals surface area contributed by atoms with Crippen LogP contribution < -0.4 is 4.74 Å². The average Bonchev–Trinajstić information content (AvgIpc) is 3.04. The van der Waals surface area contributed by atoms with Crippen molar-refractivity contribution >= 4 is 23.2 Å². The van der Waals surface area contributed by atoms with E-state index in [1.165, 1.54) is 37.6 Å². The summed E-state index contributed by atoms with van der Waals surface area (Å²) in [5.41, 5.74) is 3.43. The lowest BCUT2D eigenvalue weighted by Crippen LogP contribution is -2.00. The molecule has 3 rings (SSSR count). The van der Waals surface area contributed by atoms with Gasteiger partial charge in [0.05, 0.1) is 18.1 Å². The van der Waals surface area contributed by atoms with Crippen LogP contribution in [0.5, 0.6) is 5.75 Å². The Labute approximate surface area is 156 Å². The number of nitrogens with zero attached hydrogens (tertiary/aromatic N) is 2. The number of para-hydroxylation sites is 2. The predicted octanol–water partition coefficient (Wildman–Crippen LogP) is 6.19. The Balaban J connectivity index is 1.79. The lowest BCUT2D eigenvalue weighted by atomic mass is 10.1. The van der Waals surface area contributed by atoms with Gasteiger partial charge in [0.2, 0.25) is 0 Å². The zero-order valence-electron chi connectivity index (χ0n) is 15.8. The molecular weight excluding hydrogens is 320 g/mol. The highest BCUT2D eigenvalue weighted by Crippen LogP contribution is 2.20. The van der Waals surface area contributed by atoms with Gasteiger partial charge < -0.3 is 9.30 Å². The highest BCUT2D eigenvalue weighted by atomic mass is 16.5. The van der Waals surface area contributed by atoms with Crippen molar-refractivity contribution in [1.29, 1.82) is 0 Å². The van der Waals surface area contributed by atoms with Crippen LogP contribution in [0.25, 0.3) is 23.2 Å². The van der Waals surface area contributed by atoms with Gasteiger partial charge in [-0.15, -0.1) is 0 Å². The molecule has 0 unspecified atom stereocenters. The zero-order chi connectivity index (χ0) is 18.2. The molecule has 1 aromatic heterocycles. The fourth-order valence-electron chi connectivity index (χ4n) is 3.22. The lowest BCUT2D eigenvalue weighted by molar-refractivity contribution is 0.415. The Morgan fingerprint density at radius 1 is 0.923 bits per heavy atom. The number of methoxy groups -OCH3 is 1. The summed E-state index contributed by atoms with van der Waals surface area (Å²) >= 11 is 0. The molecular formula is C23H28N2O. The quantitative estimate of drug-likeness (QED) is 0.431. The summed E-state index contributed by atoms with van der Waals surface area (Å²) in [6.07, 6.45) is 10.6. The number of ether oxygens (including phenoxy) is 1. The monoisotopic (exact) mass is 348 g/mol. The molecule has 0 saturated carbocycles. The van der Waals surface area contributed by atoms with Gasteiger partial charge in [0.15, 0.2) is 0 Å². The van der Waals surface area contributed by atoms with Gasteiger partial charge in [0, 0.05) is 6.54 Å². The maximum atomic E-state index is 5.22. The molecule has 136 valence electrons. The van der Waals surface area contributed by atoms with E-state index in [1.807, 2.05) is 12.1 Å². The second kappa shape index (κ2) is 9.23. The number of aromatic nitrogens is 2. The first-order chi connectivity index (χ1) is 12.8. The van der Waals surface area contributed by atoms with Crippen LogP contribution in [-0.4, -0.2) is 16.7 Å². The largest absolute Gasteiger partial charge is 0.497 e. The van der Waals surface area contributed by atoms with E-state index in [9.17, 15) is 0 Å². The summed E-state index contributed by atoms with van der Waals surface area (Å²) in [5, 5.41) is 0. The smallest absolute Gasteiger partial charge is 0.133 e. The average molecular weight is 348 g/mol.